The maximum absolute atomic E-state index is 12.5. The first kappa shape index (κ1) is 18.5. The molecule has 0 aliphatic carbocycles. The molecule has 148 valence electrons. The zero-order valence-electron chi connectivity index (χ0n) is 15.9. The molecule has 0 saturated carbocycles. The maximum Gasteiger partial charge on any atom is 0.337 e. The highest BCUT2D eigenvalue weighted by atomic mass is 16.2. The van der Waals surface area contributed by atoms with E-state index in [0.717, 1.165) is 35.0 Å². The zero-order chi connectivity index (χ0) is 20.4. The van der Waals surface area contributed by atoms with Crippen LogP contribution < -0.4 is 21.5 Å². The number of para-hydroxylation sites is 1. The average molecular weight is 391 g/mol. The third-order valence-electron chi connectivity index (χ3n) is 4.92. The first-order valence-electron chi connectivity index (χ1n) is 9.35. The lowest BCUT2D eigenvalue weighted by atomic mass is 10.1. The normalized spacial score (nSPS) is 13.2. The molecule has 0 unspecified atom stereocenters. The van der Waals surface area contributed by atoms with E-state index in [0.29, 0.717) is 17.7 Å². The van der Waals surface area contributed by atoms with Crippen molar-refractivity contribution < 1.29 is 14.4 Å². The molecule has 0 fully saturated rings. The highest BCUT2D eigenvalue weighted by Gasteiger charge is 2.16. The Kier molecular flexibility index (Phi) is 4.90. The number of aromatic nitrogens is 1. The molecule has 2 aromatic carbocycles. The number of aryl methyl sites for hydroxylation is 2. The molecule has 8 heteroatoms. The molecular weight excluding hydrogens is 370 g/mol. The quantitative estimate of drug-likeness (QED) is 0.505. The van der Waals surface area contributed by atoms with Crippen LogP contribution in [0.2, 0.25) is 0 Å². The second-order valence-electron chi connectivity index (χ2n) is 6.98. The molecule has 0 bridgehead atoms. The summed E-state index contributed by atoms with van der Waals surface area (Å²) < 4.78 is 1.86. The van der Waals surface area contributed by atoms with E-state index in [1.54, 1.807) is 18.3 Å². The van der Waals surface area contributed by atoms with Crippen LogP contribution in [0.4, 0.5) is 16.2 Å². The Morgan fingerprint density at radius 1 is 1.07 bits per heavy atom. The predicted molar refractivity (Wildman–Crippen MR) is 111 cm³/mol. The number of amides is 4. The number of anilines is 2. The second-order valence-corrected chi connectivity index (χ2v) is 6.98. The van der Waals surface area contributed by atoms with Gasteiger partial charge in [-0.2, -0.15) is 0 Å². The highest BCUT2D eigenvalue weighted by Crippen LogP contribution is 2.25. The largest absolute Gasteiger partial charge is 0.350 e. The van der Waals surface area contributed by atoms with Gasteiger partial charge >= 0.3 is 6.03 Å². The molecule has 0 atom stereocenters. The first-order chi connectivity index (χ1) is 14.0. The van der Waals surface area contributed by atoms with Crippen LogP contribution in [-0.4, -0.2) is 22.4 Å². The molecule has 4 rings (SSSR count). The summed E-state index contributed by atoms with van der Waals surface area (Å²) in [6.07, 6.45) is 3.72. The summed E-state index contributed by atoms with van der Waals surface area (Å²) in [5, 5.41) is 6.35. The van der Waals surface area contributed by atoms with Crippen molar-refractivity contribution in [3.8, 4) is 0 Å². The fourth-order valence-electron chi connectivity index (χ4n) is 3.52. The van der Waals surface area contributed by atoms with Gasteiger partial charge in [0.1, 0.15) is 0 Å². The molecular formula is C21H21N5O3. The zero-order valence-corrected chi connectivity index (χ0v) is 15.9. The van der Waals surface area contributed by atoms with E-state index in [9.17, 15) is 14.4 Å². The number of hydrogen-bond donors (Lipinski definition) is 4. The van der Waals surface area contributed by atoms with Crippen LogP contribution in [-0.2, 0) is 18.3 Å². The lowest BCUT2D eigenvalue weighted by molar-refractivity contribution is -0.116. The standard InChI is InChI=1S/C21H21N5O3/c1-26-12-16(15-6-2-3-7-18(15)26)20(28)24-25-21(29)22-14-9-10-17-13(11-14)5-4-8-19(27)23-17/h2-3,6-7,9-12H,4-5,8H2,1H3,(H,23,27)(H,24,28)(H2,22,25,29). The van der Waals surface area contributed by atoms with Crippen LogP contribution in [0.15, 0.2) is 48.7 Å². The minimum absolute atomic E-state index is 0.00153. The van der Waals surface area contributed by atoms with Crippen molar-refractivity contribution in [3.05, 3.63) is 59.8 Å². The van der Waals surface area contributed by atoms with Gasteiger partial charge in [-0.15, -0.1) is 0 Å². The number of nitrogens with zero attached hydrogens (tertiary/aromatic N) is 1. The van der Waals surface area contributed by atoms with Gasteiger partial charge in [0, 0.05) is 41.9 Å². The smallest absolute Gasteiger partial charge is 0.337 e. The molecule has 0 radical (unpaired) electrons. The third kappa shape index (κ3) is 3.91. The number of nitrogens with one attached hydrogen (secondary N) is 4. The van der Waals surface area contributed by atoms with Crippen molar-refractivity contribution >= 4 is 40.1 Å². The van der Waals surface area contributed by atoms with Gasteiger partial charge in [-0.1, -0.05) is 18.2 Å². The maximum atomic E-state index is 12.5. The summed E-state index contributed by atoms with van der Waals surface area (Å²) in [6, 6.07) is 12.3. The molecule has 1 aromatic heterocycles. The Hall–Kier alpha value is -3.81. The van der Waals surface area contributed by atoms with E-state index < -0.39 is 11.9 Å². The Labute approximate surface area is 167 Å². The summed E-state index contributed by atoms with van der Waals surface area (Å²) in [5.74, 6) is -0.403. The van der Waals surface area contributed by atoms with Crippen molar-refractivity contribution in [2.75, 3.05) is 10.6 Å². The molecule has 4 N–H and O–H groups in total. The van der Waals surface area contributed by atoms with Gasteiger partial charge < -0.3 is 15.2 Å². The van der Waals surface area contributed by atoms with Crippen molar-refractivity contribution in [2.45, 2.75) is 19.3 Å². The summed E-state index contributed by atoms with van der Waals surface area (Å²) in [4.78, 5) is 36.3. The Morgan fingerprint density at radius 2 is 1.90 bits per heavy atom. The monoisotopic (exact) mass is 391 g/mol. The van der Waals surface area contributed by atoms with Crippen LogP contribution in [0.3, 0.4) is 0 Å². The van der Waals surface area contributed by atoms with Crippen LogP contribution in [0.1, 0.15) is 28.8 Å². The molecule has 4 amide bonds. The molecule has 0 spiro atoms. The Morgan fingerprint density at radius 3 is 2.76 bits per heavy atom. The summed E-state index contributed by atoms with van der Waals surface area (Å²) in [6.45, 7) is 0. The lowest BCUT2D eigenvalue weighted by Gasteiger charge is -2.12. The number of rotatable bonds is 2. The fraction of sp³-hybridized carbons (Fsp3) is 0.190. The fourth-order valence-corrected chi connectivity index (χ4v) is 3.52. The minimum atomic E-state index is -0.559. The summed E-state index contributed by atoms with van der Waals surface area (Å²) in [5.41, 5.74) is 8.52. The number of hydrazine groups is 1. The lowest BCUT2D eigenvalue weighted by Crippen LogP contribution is -2.43. The number of fused-ring (bicyclic) bond motifs is 2. The minimum Gasteiger partial charge on any atom is -0.350 e. The first-order valence-corrected chi connectivity index (χ1v) is 9.35. The number of hydrogen-bond acceptors (Lipinski definition) is 3. The topological polar surface area (TPSA) is 104 Å². The third-order valence-corrected chi connectivity index (χ3v) is 4.92. The second kappa shape index (κ2) is 7.67. The predicted octanol–water partition coefficient (Wildman–Crippen LogP) is 2.92. The van der Waals surface area contributed by atoms with Crippen LogP contribution >= 0.6 is 0 Å². The molecule has 0 saturated heterocycles. The number of carbonyl (C=O) groups is 3. The van der Waals surface area contributed by atoms with Crippen molar-refractivity contribution in [2.24, 2.45) is 7.05 Å². The summed E-state index contributed by atoms with van der Waals surface area (Å²) >= 11 is 0. The van der Waals surface area contributed by atoms with Gasteiger partial charge in [-0.05, 0) is 42.7 Å². The van der Waals surface area contributed by atoms with E-state index >= 15 is 0 Å². The van der Waals surface area contributed by atoms with Crippen LogP contribution in [0.25, 0.3) is 10.9 Å². The van der Waals surface area contributed by atoms with Gasteiger partial charge in [-0.3, -0.25) is 15.0 Å². The van der Waals surface area contributed by atoms with Crippen molar-refractivity contribution in [3.63, 3.8) is 0 Å². The number of benzene rings is 2. The van der Waals surface area contributed by atoms with Gasteiger partial charge in [-0.25, -0.2) is 10.2 Å². The molecule has 2 heterocycles. The molecule has 1 aliphatic heterocycles. The average Bonchev–Trinajstić information content (AvgIpc) is 2.93. The molecule has 8 nitrogen and oxygen atoms in total. The molecule has 3 aromatic rings. The van der Waals surface area contributed by atoms with Crippen molar-refractivity contribution in [1.82, 2.24) is 15.4 Å². The Balaban J connectivity index is 1.39. The van der Waals surface area contributed by atoms with E-state index in [4.69, 9.17) is 0 Å². The van der Waals surface area contributed by atoms with Gasteiger partial charge in [0.05, 0.1) is 5.56 Å². The van der Waals surface area contributed by atoms with Gasteiger partial charge in [0.2, 0.25) is 5.91 Å². The SMILES string of the molecule is Cn1cc(C(=O)NNC(=O)Nc2ccc3c(c2)CCCC(=O)N3)c2ccccc21. The number of carbonyl (C=O) groups excluding carboxylic acids is 3. The van der Waals surface area contributed by atoms with Crippen LogP contribution in [0.5, 0.6) is 0 Å². The molecule has 1 aliphatic rings. The summed E-state index contributed by atoms with van der Waals surface area (Å²) in [7, 11) is 1.86. The highest BCUT2D eigenvalue weighted by molar-refractivity contribution is 6.07. The van der Waals surface area contributed by atoms with Gasteiger partial charge in [0.15, 0.2) is 0 Å². The van der Waals surface area contributed by atoms with E-state index in [-0.39, 0.29) is 5.91 Å². The Bertz CT molecular complexity index is 1120. The van der Waals surface area contributed by atoms with Crippen molar-refractivity contribution in [1.29, 1.82) is 0 Å². The number of urea groups is 1. The van der Waals surface area contributed by atoms with Gasteiger partial charge in [0.25, 0.3) is 5.91 Å². The van der Waals surface area contributed by atoms with E-state index in [1.807, 2.05) is 41.9 Å². The van der Waals surface area contributed by atoms with Crippen LogP contribution in [0, 0.1) is 0 Å². The molecule has 29 heavy (non-hydrogen) atoms. The van der Waals surface area contributed by atoms with E-state index in [1.165, 1.54) is 0 Å². The van der Waals surface area contributed by atoms with E-state index in [2.05, 4.69) is 21.5 Å².